The van der Waals surface area contributed by atoms with Crippen molar-refractivity contribution in [2.45, 2.75) is 26.3 Å². The number of nitrogens with one attached hydrogen (secondary N) is 1. The molecule has 0 bridgehead atoms. The Morgan fingerprint density at radius 3 is 2.87 bits per heavy atom. The standard InChI is InChI=1S/C11H12N2O2/c1-8-2-3-9(15-8)6-13-10(14)11(7-12)4-5-11/h2-3H,4-6H2,1H3,(H,13,14). The lowest BCUT2D eigenvalue weighted by Crippen LogP contribution is -2.30. The molecule has 1 heterocycles. The van der Waals surface area contributed by atoms with Crippen LogP contribution in [0.5, 0.6) is 0 Å². The van der Waals surface area contributed by atoms with E-state index in [4.69, 9.17) is 9.68 Å². The molecule has 1 aliphatic carbocycles. The van der Waals surface area contributed by atoms with Crippen molar-refractivity contribution in [1.82, 2.24) is 5.32 Å². The lowest BCUT2D eigenvalue weighted by molar-refractivity contribution is -0.124. The van der Waals surface area contributed by atoms with Crippen LogP contribution in [0.2, 0.25) is 0 Å². The molecule has 0 aliphatic heterocycles. The van der Waals surface area contributed by atoms with Crippen LogP contribution in [0, 0.1) is 23.7 Å². The highest BCUT2D eigenvalue weighted by Crippen LogP contribution is 2.44. The van der Waals surface area contributed by atoms with Gasteiger partial charge in [0.15, 0.2) is 0 Å². The van der Waals surface area contributed by atoms with Gasteiger partial charge in [0.25, 0.3) is 0 Å². The lowest BCUT2D eigenvalue weighted by Gasteiger charge is -2.05. The summed E-state index contributed by atoms with van der Waals surface area (Å²) in [6.07, 6.45) is 1.35. The molecule has 1 aromatic heterocycles. The number of carbonyl (C=O) groups is 1. The number of carbonyl (C=O) groups excluding carboxylic acids is 1. The van der Waals surface area contributed by atoms with Crippen LogP contribution >= 0.6 is 0 Å². The highest BCUT2D eigenvalue weighted by atomic mass is 16.3. The van der Waals surface area contributed by atoms with Crippen LogP contribution in [0.15, 0.2) is 16.5 Å². The first-order valence-corrected chi connectivity index (χ1v) is 4.91. The van der Waals surface area contributed by atoms with Crippen LogP contribution in [0.1, 0.15) is 24.4 Å². The van der Waals surface area contributed by atoms with Gasteiger partial charge in [0, 0.05) is 0 Å². The highest BCUT2D eigenvalue weighted by molar-refractivity contribution is 5.88. The number of rotatable bonds is 3. The largest absolute Gasteiger partial charge is 0.465 e. The van der Waals surface area contributed by atoms with Crippen molar-refractivity contribution in [1.29, 1.82) is 5.26 Å². The Balaban J connectivity index is 1.89. The first-order valence-electron chi connectivity index (χ1n) is 4.91. The van der Waals surface area contributed by atoms with Gasteiger partial charge >= 0.3 is 0 Å². The molecule has 1 saturated carbocycles. The van der Waals surface area contributed by atoms with Crippen molar-refractivity contribution in [3.05, 3.63) is 23.7 Å². The molecule has 15 heavy (non-hydrogen) atoms. The Morgan fingerprint density at radius 1 is 1.67 bits per heavy atom. The summed E-state index contributed by atoms with van der Waals surface area (Å²) in [7, 11) is 0. The van der Waals surface area contributed by atoms with E-state index >= 15 is 0 Å². The predicted molar refractivity (Wildman–Crippen MR) is 52.6 cm³/mol. The Hall–Kier alpha value is -1.76. The van der Waals surface area contributed by atoms with Gasteiger partial charge in [-0.1, -0.05) is 0 Å². The number of furan rings is 1. The normalized spacial score (nSPS) is 16.8. The molecule has 0 spiro atoms. The van der Waals surface area contributed by atoms with Gasteiger partial charge in [-0.05, 0) is 31.9 Å². The molecule has 1 amide bonds. The fraction of sp³-hybridized carbons (Fsp3) is 0.455. The SMILES string of the molecule is Cc1ccc(CNC(=O)C2(C#N)CC2)o1. The molecule has 1 aromatic rings. The third-order valence-electron chi connectivity index (χ3n) is 2.62. The van der Waals surface area contributed by atoms with Crippen LogP contribution in [-0.4, -0.2) is 5.91 Å². The topological polar surface area (TPSA) is 66.0 Å². The molecule has 0 saturated heterocycles. The summed E-state index contributed by atoms with van der Waals surface area (Å²) in [5, 5.41) is 11.5. The number of amides is 1. The molecule has 2 rings (SSSR count). The summed E-state index contributed by atoms with van der Waals surface area (Å²) in [6, 6.07) is 5.72. The van der Waals surface area contributed by atoms with E-state index < -0.39 is 5.41 Å². The van der Waals surface area contributed by atoms with Crippen LogP contribution in [-0.2, 0) is 11.3 Å². The Kier molecular flexibility index (Phi) is 2.24. The number of aryl methyl sites for hydroxylation is 1. The van der Waals surface area contributed by atoms with Crippen molar-refractivity contribution < 1.29 is 9.21 Å². The molecular weight excluding hydrogens is 192 g/mol. The Labute approximate surface area is 87.9 Å². The van der Waals surface area contributed by atoms with Gasteiger partial charge in [0.1, 0.15) is 16.9 Å². The molecule has 0 radical (unpaired) electrons. The molecule has 4 nitrogen and oxygen atoms in total. The minimum Gasteiger partial charge on any atom is -0.465 e. The fourth-order valence-corrected chi connectivity index (χ4v) is 1.43. The van der Waals surface area contributed by atoms with Gasteiger partial charge in [0.05, 0.1) is 12.6 Å². The van der Waals surface area contributed by atoms with Gasteiger partial charge in [0.2, 0.25) is 5.91 Å². The zero-order valence-corrected chi connectivity index (χ0v) is 8.54. The zero-order chi connectivity index (χ0) is 10.9. The number of nitriles is 1. The summed E-state index contributed by atoms with van der Waals surface area (Å²) in [5.74, 6) is 1.36. The average molecular weight is 204 g/mol. The summed E-state index contributed by atoms with van der Waals surface area (Å²) in [5.41, 5.74) is -0.748. The fourth-order valence-electron chi connectivity index (χ4n) is 1.43. The van der Waals surface area contributed by atoms with Gasteiger partial charge < -0.3 is 9.73 Å². The molecular formula is C11H12N2O2. The molecule has 78 valence electrons. The second-order valence-electron chi connectivity index (χ2n) is 3.89. The molecule has 0 atom stereocenters. The zero-order valence-electron chi connectivity index (χ0n) is 8.54. The summed E-state index contributed by atoms with van der Waals surface area (Å²) in [6.45, 7) is 2.21. The monoisotopic (exact) mass is 204 g/mol. The number of nitrogens with zero attached hydrogens (tertiary/aromatic N) is 1. The quantitative estimate of drug-likeness (QED) is 0.811. The molecule has 1 fully saturated rings. The summed E-state index contributed by atoms with van der Waals surface area (Å²) >= 11 is 0. The second-order valence-corrected chi connectivity index (χ2v) is 3.89. The van der Waals surface area contributed by atoms with Crippen LogP contribution < -0.4 is 5.32 Å². The van der Waals surface area contributed by atoms with E-state index in [9.17, 15) is 4.79 Å². The maximum Gasteiger partial charge on any atom is 0.240 e. The van der Waals surface area contributed by atoms with E-state index in [2.05, 4.69) is 11.4 Å². The highest BCUT2D eigenvalue weighted by Gasteiger charge is 2.50. The smallest absolute Gasteiger partial charge is 0.240 e. The van der Waals surface area contributed by atoms with Crippen molar-refractivity contribution in [2.24, 2.45) is 5.41 Å². The second kappa shape index (κ2) is 3.43. The average Bonchev–Trinajstić information content (AvgIpc) is 2.93. The maximum absolute atomic E-state index is 11.6. The van der Waals surface area contributed by atoms with Crippen molar-refractivity contribution in [3.63, 3.8) is 0 Å². The minimum atomic E-state index is -0.748. The summed E-state index contributed by atoms with van der Waals surface area (Å²) < 4.78 is 5.30. The first kappa shape index (κ1) is 9.78. The van der Waals surface area contributed by atoms with Crippen LogP contribution in [0.25, 0.3) is 0 Å². The first-order chi connectivity index (χ1) is 7.16. The molecule has 1 N–H and O–H groups in total. The lowest BCUT2D eigenvalue weighted by atomic mass is 10.1. The number of hydrogen-bond donors (Lipinski definition) is 1. The van der Waals surface area contributed by atoms with Gasteiger partial charge in [-0.15, -0.1) is 0 Å². The molecule has 1 aliphatic rings. The van der Waals surface area contributed by atoms with E-state index in [0.29, 0.717) is 19.4 Å². The molecule has 4 heteroatoms. The third kappa shape index (κ3) is 1.86. The van der Waals surface area contributed by atoms with E-state index in [-0.39, 0.29) is 5.91 Å². The minimum absolute atomic E-state index is 0.181. The van der Waals surface area contributed by atoms with Crippen molar-refractivity contribution in [2.75, 3.05) is 0 Å². The third-order valence-corrected chi connectivity index (χ3v) is 2.62. The van der Waals surface area contributed by atoms with E-state index in [1.807, 2.05) is 19.1 Å². The van der Waals surface area contributed by atoms with E-state index in [1.54, 1.807) is 0 Å². The predicted octanol–water partition coefficient (Wildman–Crippen LogP) is 1.51. The number of hydrogen-bond acceptors (Lipinski definition) is 3. The maximum atomic E-state index is 11.6. The summed E-state index contributed by atoms with van der Waals surface area (Å²) in [4.78, 5) is 11.6. The van der Waals surface area contributed by atoms with Gasteiger partial charge in [-0.25, -0.2) is 0 Å². The Morgan fingerprint density at radius 2 is 2.40 bits per heavy atom. The van der Waals surface area contributed by atoms with E-state index in [1.165, 1.54) is 0 Å². The van der Waals surface area contributed by atoms with Crippen LogP contribution in [0.4, 0.5) is 0 Å². The van der Waals surface area contributed by atoms with Crippen molar-refractivity contribution in [3.8, 4) is 6.07 Å². The van der Waals surface area contributed by atoms with Crippen molar-refractivity contribution >= 4 is 5.91 Å². The Bertz CT molecular complexity index is 424. The van der Waals surface area contributed by atoms with E-state index in [0.717, 1.165) is 11.5 Å². The van der Waals surface area contributed by atoms with Gasteiger partial charge in [-0.2, -0.15) is 5.26 Å². The molecule has 0 unspecified atom stereocenters. The van der Waals surface area contributed by atoms with Crippen LogP contribution in [0.3, 0.4) is 0 Å². The van der Waals surface area contributed by atoms with Gasteiger partial charge in [-0.3, -0.25) is 4.79 Å². The molecule has 0 aromatic carbocycles.